The number of nitrogens with zero attached hydrogens (tertiary/aromatic N) is 2. The van der Waals surface area contributed by atoms with E-state index >= 15 is 0 Å². The van der Waals surface area contributed by atoms with Crippen LogP contribution < -0.4 is 9.62 Å². The highest BCUT2D eigenvalue weighted by atomic mass is 35.5. The number of nitrogens with one attached hydrogen (secondary N) is 1. The summed E-state index contributed by atoms with van der Waals surface area (Å²) in [7, 11) is -4.17. The third kappa shape index (κ3) is 7.99. The van der Waals surface area contributed by atoms with Gasteiger partial charge in [-0.1, -0.05) is 53.0 Å². The van der Waals surface area contributed by atoms with Gasteiger partial charge >= 0.3 is 0 Å². The van der Waals surface area contributed by atoms with E-state index in [1.165, 1.54) is 17.0 Å². The maximum Gasteiger partial charge on any atom is 0.264 e. The summed E-state index contributed by atoms with van der Waals surface area (Å²) < 4.78 is 29.0. The first-order chi connectivity index (χ1) is 18.6. The van der Waals surface area contributed by atoms with Crippen LogP contribution in [0.15, 0.2) is 71.6 Å². The van der Waals surface area contributed by atoms with Gasteiger partial charge in [0.05, 0.1) is 10.6 Å². The predicted octanol–water partition coefficient (Wildman–Crippen LogP) is 6.14. The molecule has 0 unspecified atom stereocenters. The van der Waals surface area contributed by atoms with Crippen molar-refractivity contribution in [3.63, 3.8) is 0 Å². The Labute approximate surface area is 247 Å². The molecule has 0 aromatic heterocycles. The number of carbonyl (C=O) groups is 2. The average molecular weight is 605 g/mol. The van der Waals surface area contributed by atoms with Crippen molar-refractivity contribution in [3.05, 3.63) is 93.5 Å². The summed E-state index contributed by atoms with van der Waals surface area (Å²) in [5.74, 6) is -0.917. The Bertz CT molecular complexity index is 1490. The molecule has 3 aromatic carbocycles. The molecule has 0 saturated carbocycles. The average Bonchev–Trinajstić information content (AvgIpc) is 2.85. The fourth-order valence-corrected chi connectivity index (χ4v) is 6.06. The number of carbonyl (C=O) groups excluding carboxylic acids is 2. The van der Waals surface area contributed by atoms with E-state index in [1.807, 2.05) is 27.7 Å². The molecule has 1 N–H and O–H groups in total. The molecule has 214 valence electrons. The molecule has 7 nitrogen and oxygen atoms in total. The normalized spacial score (nSPS) is 12.5. The quantitative estimate of drug-likeness (QED) is 0.318. The van der Waals surface area contributed by atoms with Crippen molar-refractivity contribution in [1.29, 1.82) is 0 Å². The molecule has 0 aliphatic rings. The van der Waals surface area contributed by atoms with Crippen molar-refractivity contribution in [2.24, 2.45) is 0 Å². The van der Waals surface area contributed by atoms with E-state index in [2.05, 4.69) is 5.32 Å². The van der Waals surface area contributed by atoms with Crippen LogP contribution in [-0.2, 0) is 26.2 Å². The first-order valence-electron chi connectivity index (χ1n) is 12.8. The molecule has 0 saturated heterocycles. The van der Waals surface area contributed by atoms with Crippen LogP contribution in [0.1, 0.15) is 44.4 Å². The summed E-state index contributed by atoms with van der Waals surface area (Å²) in [5, 5.41) is 3.83. The number of hydrogen-bond acceptors (Lipinski definition) is 4. The summed E-state index contributed by atoms with van der Waals surface area (Å²) in [6.07, 6.45) is 0. The number of hydrogen-bond donors (Lipinski definition) is 1. The van der Waals surface area contributed by atoms with Gasteiger partial charge in [0.2, 0.25) is 11.8 Å². The largest absolute Gasteiger partial charge is 0.350 e. The predicted molar refractivity (Wildman–Crippen MR) is 161 cm³/mol. The molecule has 1 atom stereocenters. The number of amides is 2. The number of rotatable bonds is 9. The molecule has 3 aromatic rings. The van der Waals surface area contributed by atoms with Gasteiger partial charge in [0.15, 0.2) is 0 Å². The summed E-state index contributed by atoms with van der Waals surface area (Å²) in [6, 6.07) is 17.3. The van der Waals surface area contributed by atoms with Crippen LogP contribution in [-0.4, -0.2) is 43.3 Å². The van der Waals surface area contributed by atoms with E-state index in [4.69, 9.17) is 23.2 Å². The highest BCUT2D eigenvalue weighted by molar-refractivity contribution is 7.92. The van der Waals surface area contributed by atoms with Crippen LogP contribution >= 0.6 is 23.2 Å². The van der Waals surface area contributed by atoms with Crippen molar-refractivity contribution in [3.8, 4) is 0 Å². The second-order valence-corrected chi connectivity index (χ2v) is 13.6. The second kappa shape index (κ2) is 12.6. The van der Waals surface area contributed by atoms with Gasteiger partial charge in [0.25, 0.3) is 10.0 Å². The third-order valence-electron chi connectivity index (χ3n) is 6.22. The standard InChI is InChI=1S/C30H35Cl2N3O4S/c1-20-10-13-26(14-11-20)40(38,39)35(27-15-12-25(32)16-21(27)2)19-28(36)34(18-23-8-7-9-24(31)17-23)22(3)29(37)33-30(4,5)6/h7-17,22H,18-19H2,1-6H3,(H,33,37)/t22-/m1/s1. The highest BCUT2D eigenvalue weighted by Crippen LogP contribution is 2.29. The molecule has 0 heterocycles. The first kappa shape index (κ1) is 31.5. The lowest BCUT2D eigenvalue weighted by atomic mass is 10.1. The van der Waals surface area contributed by atoms with Crippen LogP contribution in [0, 0.1) is 13.8 Å². The third-order valence-corrected chi connectivity index (χ3v) is 8.47. The van der Waals surface area contributed by atoms with Gasteiger partial charge < -0.3 is 10.2 Å². The van der Waals surface area contributed by atoms with Gasteiger partial charge in [-0.05, 0) is 95.1 Å². The minimum atomic E-state index is -4.17. The molecule has 3 rings (SSSR count). The molecule has 0 aliphatic heterocycles. The molecule has 10 heteroatoms. The maximum atomic E-state index is 14.0. The van der Waals surface area contributed by atoms with Gasteiger partial charge in [-0.15, -0.1) is 0 Å². The van der Waals surface area contributed by atoms with Crippen LogP contribution in [0.4, 0.5) is 5.69 Å². The van der Waals surface area contributed by atoms with Gasteiger partial charge in [-0.2, -0.15) is 0 Å². The summed E-state index contributed by atoms with van der Waals surface area (Å²) in [5.41, 5.74) is 1.96. The molecule has 0 spiro atoms. The Hall–Kier alpha value is -3.07. The lowest BCUT2D eigenvalue weighted by Crippen LogP contribution is -2.54. The fraction of sp³-hybridized carbons (Fsp3) is 0.333. The SMILES string of the molecule is Cc1ccc(S(=O)(=O)N(CC(=O)N(Cc2cccc(Cl)c2)[C@H](C)C(=O)NC(C)(C)C)c2ccc(Cl)cc2C)cc1. The topological polar surface area (TPSA) is 86.8 Å². The Kier molecular flexibility index (Phi) is 9.93. The van der Waals surface area contributed by atoms with Gasteiger partial charge in [-0.3, -0.25) is 13.9 Å². The lowest BCUT2D eigenvalue weighted by Gasteiger charge is -2.34. The summed E-state index contributed by atoms with van der Waals surface area (Å²) in [6.45, 7) is 10.3. The number of benzene rings is 3. The monoisotopic (exact) mass is 603 g/mol. The Balaban J connectivity index is 2.08. The molecule has 0 fully saturated rings. The van der Waals surface area contributed by atoms with E-state index in [1.54, 1.807) is 68.4 Å². The number of sulfonamides is 1. The summed E-state index contributed by atoms with van der Waals surface area (Å²) in [4.78, 5) is 28.6. The van der Waals surface area contributed by atoms with Crippen LogP contribution in [0.25, 0.3) is 0 Å². The first-order valence-corrected chi connectivity index (χ1v) is 15.0. The molecule has 2 amide bonds. The minimum absolute atomic E-state index is 0.0418. The lowest BCUT2D eigenvalue weighted by molar-refractivity contribution is -0.140. The highest BCUT2D eigenvalue weighted by Gasteiger charge is 2.34. The Morgan fingerprint density at radius 3 is 2.12 bits per heavy atom. The van der Waals surface area contributed by atoms with E-state index in [0.717, 1.165) is 9.87 Å². The summed E-state index contributed by atoms with van der Waals surface area (Å²) >= 11 is 12.3. The van der Waals surface area contributed by atoms with E-state index in [0.29, 0.717) is 26.9 Å². The van der Waals surface area contributed by atoms with Crippen molar-refractivity contribution in [1.82, 2.24) is 10.2 Å². The van der Waals surface area contributed by atoms with Crippen LogP contribution in [0.3, 0.4) is 0 Å². The van der Waals surface area contributed by atoms with Crippen molar-refractivity contribution >= 4 is 50.7 Å². The number of halogens is 2. The molecule has 0 aliphatic carbocycles. The zero-order valence-corrected chi connectivity index (χ0v) is 25.9. The zero-order valence-electron chi connectivity index (χ0n) is 23.5. The fourth-order valence-electron chi connectivity index (χ4n) is 4.14. The van der Waals surface area contributed by atoms with E-state index < -0.39 is 34.1 Å². The number of aryl methyl sites for hydroxylation is 2. The smallest absolute Gasteiger partial charge is 0.264 e. The second-order valence-electron chi connectivity index (χ2n) is 10.8. The molecule has 0 bridgehead atoms. The molecule has 40 heavy (non-hydrogen) atoms. The van der Waals surface area contributed by atoms with E-state index in [-0.39, 0.29) is 17.3 Å². The van der Waals surface area contributed by atoms with Gasteiger partial charge in [0, 0.05) is 22.1 Å². The minimum Gasteiger partial charge on any atom is -0.350 e. The maximum absolute atomic E-state index is 14.0. The Morgan fingerprint density at radius 2 is 1.55 bits per heavy atom. The number of anilines is 1. The molecular formula is C30H35Cl2N3O4S. The van der Waals surface area contributed by atoms with Gasteiger partial charge in [-0.25, -0.2) is 8.42 Å². The molecular weight excluding hydrogens is 569 g/mol. The van der Waals surface area contributed by atoms with Gasteiger partial charge in [0.1, 0.15) is 12.6 Å². The zero-order chi connectivity index (χ0) is 29.8. The van der Waals surface area contributed by atoms with Crippen LogP contribution in [0.5, 0.6) is 0 Å². The van der Waals surface area contributed by atoms with Crippen LogP contribution in [0.2, 0.25) is 10.0 Å². The van der Waals surface area contributed by atoms with Crippen molar-refractivity contribution in [2.45, 2.75) is 64.6 Å². The van der Waals surface area contributed by atoms with Crippen molar-refractivity contribution < 1.29 is 18.0 Å². The molecule has 0 radical (unpaired) electrons. The van der Waals surface area contributed by atoms with Crippen molar-refractivity contribution in [2.75, 3.05) is 10.8 Å². The van der Waals surface area contributed by atoms with E-state index in [9.17, 15) is 18.0 Å². The Morgan fingerprint density at radius 1 is 0.925 bits per heavy atom.